The number of halogens is 2. The number of aryl methyl sites for hydroxylation is 1. The molecule has 2 aliphatic rings. The van der Waals surface area contributed by atoms with Gasteiger partial charge in [-0.3, -0.25) is 9.69 Å². The lowest BCUT2D eigenvalue weighted by Crippen LogP contribution is -2.49. The third-order valence-corrected chi connectivity index (χ3v) is 4.96. The summed E-state index contributed by atoms with van der Waals surface area (Å²) in [4.78, 5) is 16.8. The van der Waals surface area contributed by atoms with Crippen LogP contribution in [-0.4, -0.2) is 54.5 Å². The molecule has 1 aromatic carbocycles. The highest BCUT2D eigenvalue weighted by Crippen LogP contribution is 2.15. The maximum atomic E-state index is 12.3. The first-order valence-corrected chi connectivity index (χ1v) is 8.50. The number of nitrogens with one attached hydrogen (secondary N) is 1. The number of carbonyl (C=O) groups excluding carboxylic acids is 1. The summed E-state index contributed by atoms with van der Waals surface area (Å²) >= 11 is 0. The largest absolute Gasteiger partial charge is 0.340 e. The fourth-order valence-corrected chi connectivity index (χ4v) is 3.45. The lowest BCUT2D eigenvalue weighted by molar-refractivity contribution is -0.133. The van der Waals surface area contributed by atoms with Crippen molar-refractivity contribution in [1.29, 1.82) is 0 Å². The second kappa shape index (κ2) is 10.2. The minimum atomic E-state index is 0. The molecule has 0 aromatic heterocycles. The molecular formula is C18H29Cl2N3O. The highest BCUT2D eigenvalue weighted by Gasteiger charge is 2.24. The smallest absolute Gasteiger partial charge is 0.224 e. The van der Waals surface area contributed by atoms with Crippen LogP contribution in [0.4, 0.5) is 0 Å². The van der Waals surface area contributed by atoms with E-state index >= 15 is 0 Å². The summed E-state index contributed by atoms with van der Waals surface area (Å²) in [5, 5.41) is 3.42. The van der Waals surface area contributed by atoms with E-state index < -0.39 is 0 Å². The lowest BCUT2D eigenvalue weighted by atomic mass is 10.1. The van der Waals surface area contributed by atoms with Gasteiger partial charge >= 0.3 is 0 Å². The van der Waals surface area contributed by atoms with E-state index in [-0.39, 0.29) is 24.8 Å². The minimum absolute atomic E-state index is 0. The summed E-state index contributed by atoms with van der Waals surface area (Å²) in [5.74, 6) is 0.329. The number of rotatable bonds is 4. The van der Waals surface area contributed by atoms with E-state index in [0.717, 1.165) is 45.7 Å². The topological polar surface area (TPSA) is 35.6 Å². The molecule has 0 bridgehead atoms. The first kappa shape index (κ1) is 21.2. The van der Waals surface area contributed by atoms with Crippen molar-refractivity contribution in [2.75, 3.05) is 32.7 Å². The van der Waals surface area contributed by atoms with Crippen molar-refractivity contribution in [3.63, 3.8) is 0 Å². The van der Waals surface area contributed by atoms with E-state index in [2.05, 4.69) is 41.4 Å². The van der Waals surface area contributed by atoms with Crippen LogP contribution < -0.4 is 5.32 Å². The quantitative estimate of drug-likeness (QED) is 0.880. The van der Waals surface area contributed by atoms with Crippen LogP contribution >= 0.6 is 24.8 Å². The molecule has 24 heavy (non-hydrogen) atoms. The van der Waals surface area contributed by atoms with Crippen molar-refractivity contribution in [1.82, 2.24) is 15.1 Å². The molecule has 1 atom stereocenters. The van der Waals surface area contributed by atoms with Crippen molar-refractivity contribution in [2.45, 2.75) is 38.8 Å². The fourth-order valence-electron chi connectivity index (χ4n) is 3.45. The van der Waals surface area contributed by atoms with Crippen LogP contribution in [0.5, 0.6) is 0 Å². The number of benzene rings is 1. The van der Waals surface area contributed by atoms with Crippen LogP contribution in [0.3, 0.4) is 0 Å². The molecular weight excluding hydrogens is 345 g/mol. The van der Waals surface area contributed by atoms with Crippen molar-refractivity contribution >= 4 is 30.7 Å². The van der Waals surface area contributed by atoms with Crippen LogP contribution in [-0.2, 0) is 11.3 Å². The second-order valence-electron chi connectivity index (χ2n) is 6.58. The first-order chi connectivity index (χ1) is 10.7. The van der Waals surface area contributed by atoms with E-state index in [0.29, 0.717) is 18.4 Å². The zero-order chi connectivity index (χ0) is 15.4. The van der Waals surface area contributed by atoms with Crippen molar-refractivity contribution in [3.05, 3.63) is 35.4 Å². The molecule has 0 radical (unpaired) electrons. The molecule has 1 aromatic rings. The highest BCUT2D eigenvalue weighted by atomic mass is 35.5. The molecule has 6 heteroatoms. The monoisotopic (exact) mass is 373 g/mol. The third-order valence-electron chi connectivity index (χ3n) is 4.96. The van der Waals surface area contributed by atoms with E-state index in [1.165, 1.54) is 17.5 Å². The number of nitrogens with zero attached hydrogens (tertiary/aromatic N) is 2. The summed E-state index contributed by atoms with van der Waals surface area (Å²) in [6, 6.07) is 8.99. The van der Waals surface area contributed by atoms with E-state index in [1.54, 1.807) is 0 Å². The Hall–Kier alpha value is -0.810. The Morgan fingerprint density at radius 2 is 1.88 bits per heavy atom. The number of piperazine rings is 1. The zero-order valence-electron chi connectivity index (χ0n) is 14.4. The Morgan fingerprint density at radius 1 is 1.17 bits per heavy atom. The Kier molecular flexibility index (Phi) is 9.06. The van der Waals surface area contributed by atoms with Gasteiger partial charge in [-0.1, -0.05) is 24.3 Å². The fraction of sp³-hybridized carbons (Fsp3) is 0.611. The van der Waals surface area contributed by atoms with Crippen molar-refractivity contribution < 1.29 is 4.79 Å². The van der Waals surface area contributed by atoms with Gasteiger partial charge in [0.1, 0.15) is 0 Å². The standard InChI is InChI=1S/C18H27N3O.2ClH/c1-15-5-2-3-6-16(15)14-20-9-11-21(12-10-20)18(22)13-17-7-4-8-19-17;;/h2-3,5-6,17,19H,4,7-14H2,1H3;2*1H. The molecule has 1 N–H and O–H groups in total. The molecule has 2 heterocycles. The summed E-state index contributed by atoms with van der Waals surface area (Å²) in [6.45, 7) is 7.95. The minimum Gasteiger partial charge on any atom is -0.340 e. The maximum absolute atomic E-state index is 12.3. The van der Waals surface area contributed by atoms with E-state index in [1.807, 2.05) is 4.90 Å². The molecule has 2 aliphatic heterocycles. The van der Waals surface area contributed by atoms with Crippen LogP contribution in [0.2, 0.25) is 0 Å². The number of hydrogen-bond acceptors (Lipinski definition) is 3. The summed E-state index contributed by atoms with van der Waals surface area (Å²) in [7, 11) is 0. The van der Waals surface area contributed by atoms with E-state index in [9.17, 15) is 4.79 Å². The van der Waals surface area contributed by atoms with Gasteiger partial charge in [-0.2, -0.15) is 0 Å². The molecule has 1 unspecified atom stereocenters. The van der Waals surface area contributed by atoms with Gasteiger partial charge in [0.15, 0.2) is 0 Å². The van der Waals surface area contributed by atoms with Crippen LogP contribution in [0, 0.1) is 6.92 Å². The van der Waals surface area contributed by atoms with Crippen LogP contribution in [0.15, 0.2) is 24.3 Å². The molecule has 1 amide bonds. The van der Waals surface area contributed by atoms with Crippen LogP contribution in [0.1, 0.15) is 30.4 Å². The SMILES string of the molecule is Cc1ccccc1CN1CCN(C(=O)CC2CCCN2)CC1.Cl.Cl. The third kappa shape index (κ3) is 5.62. The van der Waals surface area contributed by atoms with Gasteiger partial charge in [0.05, 0.1) is 0 Å². The number of carbonyl (C=O) groups is 1. The number of hydrogen-bond donors (Lipinski definition) is 1. The Labute approximate surface area is 157 Å². The molecule has 0 saturated carbocycles. The molecule has 136 valence electrons. The molecule has 0 aliphatic carbocycles. The first-order valence-electron chi connectivity index (χ1n) is 8.50. The maximum Gasteiger partial charge on any atom is 0.224 e. The van der Waals surface area contributed by atoms with Crippen LogP contribution in [0.25, 0.3) is 0 Å². The summed E-state index contributed by atoms with van der Waals surface area (Å²) < 4.78 is 0. The normalized spacial score (nSPS) is 21.0. The average molecular weight is 374 g/mol. The molecule has 2 saturated heterocycles. The lowest BCUT2D eigenvalue weighted by Gasteiger charge is -2.35. The average Bonchev–Trinajstić information content (AvgIpc) is 3.03. The van der Waals surface area contributed by atoms with Gasteiger partial charge in [-0.15, -0.1) is 24.8 Å². The molecule has 4 nitrogen and oxygen atoms in total. The number of amides is 1. The Morgan fingerprint density at radius 3 is 2.50 bits per heavy atom. The second-order valence-corrected chi connectivity index (χ2v) is 6.58. The zero-order valence-corrected chi connectivity index (χ0v) is 16.0. The van der Waals surface area contributed by atoms with E-state index in [4.69, 9.17) is 0 Å². The van der Waals surface area contributed by atoms with Gasteiger partial charge < -0.3 is 10.2 Å². The van der Waals surface area contributed by atoms with Gasteiger partial charge in [-0.05, 0) is 37.4 Å². The van der Waals surface area contributed by atoms with Gasteiger partial charge in [0.2, 0.25) is 5.91 Å². The summed E-state index contributed by atoms with van der Waals surface area (Å²) in [5.41, 5.74) is 2.76. The molecule has 0 spiro atoms. The molecule has 3 rings (SSSR count). The Balaban J connectivity index is 0.00000144. The highest BCUT2D eigenvalue weighted by molar-refractivity contribution is 5.85. The van der Waals surface area contributed by atoms with Crippen molar-refractivity contribution in [3.8, 4) is 0 Å². The predicted molar refractivity (Wildman–Crippen MR) is 103 cm³/mol. The molecule has 2 fully saturated rings. The predicted octanol–water partition coefficient (Wildman–Crippen LogP) is 2.62. The Bertz CT molecular complexity index is 513. The van der Waals surface area contributed by atoms with Gasteiger partial charge in [-0.25, -0.2) is 0 Å². The van der Waals surface area contributed by atoms with Gasteiger partial charge in [0, 0.05) is 45.2 Å². The van der Waals surface area contributed by atoms with Gasteiger partial charge in [0.25, 0.3) is 0 Å². The van der Waals surface area contributed by atoms with Crippen molar-refractivity contribution in [2.24, 2.45) is 0 Å². The summed E-state index contributed by atoms with van der Waals surface area (Å²) in [6.07, 6.45) is 3.04.